The average Bonchev–Trinajstić information content (AvgIpc) is 3.43. The van der Waals surface area contributed by atoms with Crippen LogP contribution in [0.4, 0.5) is 11.4 Å². The topological polar surface area (TPSA) is 138 Å². The van der Waals surface area contributed by atoms with Crippen LogP contribution in [-0.4, -0.2) is 76.2 Å². The highest BCUT2D eigenvalue weighted by molar-refractivity contribution is 7.93. The number of ether oxygens (including phenoxy) is 3. The summed E-state index contributed by atoms with van der Waals surface area (Å²) < 4.78 is 48.2. The Morgan fingerprint density at radius 3 is 2.34 bits per heavy atom. The minimum Gasteiger partial charge on any atom is -0.497 e. The van der Waals surface area contributed by atoms with Gasteiger partial charge < -0.3 is 19.1 Å². The average molecular weight is 691 g/mol. The molecule has 2 aliphatic heterocycles. The van der Waals surface area contributed by atoms with E-state index in [1.165, 1.54) is 38.6 Å². The van der Waals surface area contributed by atoms with Crippen LogP contribution in [0, 0.1) is 11.3 Å². The molecular weight excluding hydrogens is 657 g/mol. The number of fused-ring (bicyclic) bond motifs is 2. The van der Waals surface area contributed by atoms with Crippen LogP contribution in [0.3, 0.4) is 0 Å². The van der Waals surface area contributed by atoms with Gasteiger partial charge in [0.25, 0.3) is 15.9 Å². The fourth-order valence-electron chi connectivity index (χ4n) is 7.08. The van der Waals surface area contributed by atoms with Crippen molar-refractivity contribution in [3.05, 3.63) is 108 Å². The molecule has 0 radical (unpaired) electrons. The number of nitrogens with zero attached hydrogens (tertiary/aromatic N) is 6. The van der Waals surface area contributed by atoms with E-state index in [0.29, 0.717) is 59.9 Å². The Morgan fingerprint density at radius 2 is 1.64 bits per heavy atom. The molecule has 0 aliphatic carbocycles. The number of pyridine rings is 2. The summed E-state index contributed by atoms with van der Waals surface area (Å²) in [5.41, 5.74) is 0.584. The largest absolute Gasteiger partial charge is 0.497 e. The number of anilines is 2. The maximum atomic E-state index is 15.6. The molecule has 2 aromatic heterocycles. The van der Waals surface area contributed by atoms with Gasteiger partial charge in [0.05, 0.1) is 43.7 Å². The highest BCUT2D eigenvalue weighted by atomic mass is 32.2. The van der Waals surface area contributed by atoms with Gasteiger partial charge in [0.2, 0.25) is 0 Å². The molecule has 0 N–H and O–H groups in total. The normalized spacial score (nSPS) is 17.8. The van der Waals surface area contributed by atoms with Gasteiger partial charge >= 0.3 is 0 Å². The number of amides is 1. The lowest BCUT2D eigenvalue weighted by Crippen LogP contribution is -2.60. The number of carbonyl (C=O) groups is 1. The lowest BCUT2D eigenvalue weighted by atomic mass is 9.80. The standard InChI is InChI=1S/C37H34N6O6S/c1-4-49-33-10-8-27(47-2)23-30(33)37(42-20-18-41(19-21-42)26-13-16-39-17-14-26)29-22-25(24-38)7-9-31(29)43(36(37)44)50(45,46)34-12-11-32(48-3)28-6-5-15-40-35(28)34/h5-17,22-23H,4,18-21H2,1-3H3. The Kier molecular flexibility index (Phi) is 8.51. The summed E-state index contributed by atoms with van der Waals surface area (Å²) in [4.78, 5) is 28.2. The zero-order valence-corrected chi connectivity index (χ0v) is 28.6. The first-order chi connectivity index (χ1) is 24.3. The number of carbonyl (C=O) groups excluding carboxylic acids is 1. The van der Waals surface area contributed by atoms with E-state index in [0.717, 1.165) is 9.99 Å². The van der Waals surface area contributed by atoms with Gasteiger partial charge in [-0.15, -0.1) is 0 Å². The second-order valence-electron chi connectivity index (χ2n) is 11.8. The summed E-state index contributed by atoms with van der Waals surface area (Å²) in [5, 5.41) is 10.6. The summed E-state index contributed by atoms with van der Waals surface area (Å²) in [7, 11) is -1.60. The summed E-state index contributed by atoms with van der Waals surface area (Å²) in [6.45, 7) is 3.92. The van der Waals surface area contributed by atoms with Crippen LogP contribution in [0.1, 0.15) is 23.6 Å². The van der Waals surface area contributed by atoms with Gasteiger partial charge in [-0.25, -0.2) is 12.7 Å². The number of hydrogen-bond donors (Lipinski definition) is 0. The van der Waals surface area contributed by atoms with Crippen molar-refractivity contribution in [2.45, 2.75) is 17.4 Å². The van der Waals surface area contributed by atoms with Crippen molar-refractivity contribution in [1.82, 2.24) is 14.9 Å². The van der Waals surface area contributed by atoms with Crippen LogP contribution in [0.15, 0.2) is 96.3 Å². The van der Waals surface area contributed by atoms with Crippen molar-refractivity contribution in [1.29, 1.82) is 5.26 Å². The van der Waals surface area contributed by atoms with E-state index >= 15 is 13.2 Å². The highest BCUT2D eigenvalue weighted by Gasteiger charge is 2.61. The molecule has 5 aromatic rings. The molecule has 1 unspecified atom stereocenters. The lowest BCUT2D eigenvalue weighted by molar-refractivity contribution is -0.127. The molecule has 4 heterocycles. The molecule has 1 atom stereocenters. The van der Waals surface area contributed by atoms with Gasteiger partial charge in [-0.05, 0) is 79.7 Å². The van der Waals surface area contributed by atoms with Crippen molar-refractivity contribution in [3.63, 3.8) is 0 Å². The SMILES string of the molecule is CCOc1ccc(OC)cc1C1(N2CCN(c3ccncc3)CC2)C(=O)N(S(=O)(=O)c2ccc(OC)c3cccnc23)c2ccc(C#N)cc21. The molecule has 254 valence electrons. The van der Waals surface area contributed by atoms with E-state index in [-0.39, 0.29) is 28.3 Å². The van der Waals surface area contributed by atoms with E-state index in [2.05, 4.69) is 20.9 Å². The fraction of sp³-hybridized carbons (Fsp3) is 0.243. The molecule has 13 heteroatoms. The molecule has 7 rings (SSSR count). The molecule has 0 saturated carbocycles. The molecule has 3 aromatic carbocycles. The lowest BCUT2D eigenvalue weighted by Gasteiger charge is -2.46. The molecule has 1 amide bonds. The van der Waals surface area contributed by atoms with Crippen LogP contribution in [0.2, 0.25) is 0 Å². The number of piperazine rings is 1. The molecule has 1 saturated heterocycles. The molecule has 50 heavy (non-hydrogen) atoms. The first kappa shape index (κ1) is 32.8. The first-order valence-corrected chi connectivity index (χ1v) is 17.5. The van der Waals surface area contributed by atoms with Gasteiger partial charge in [-0.1, -0.05) is 0 Å². The number of benzene rings is 3. The molecule has 12 nitrogen and oxygen atoms in total. The molecular formula is C37H34N6O6S. The molecule has 2 aliphatic rings. The number of sulfonamides is 1. The smallest absolute Gasteiger partial charge is 0.273 e. The van der Waals surface area contributed by atoms with Crippen molar-refractivity contribution in [2.24, 2.45) is 0 Å². The van der Waals surface area contributed by atoms with Crippen molar-refractivity contribution < 1.29 is 27.4 Å². The van der Waals surface area contributed by atoms with Gasteiger partial charge in [0, 0.05) is 67.0 Å². The summed E-state index contributed by atoms with van der Waals surface area (Å²) in [5.74, 6) is 0.560. The Labute approximate surface area is 290 Å². The third kappa shape index (κ3) is 5.07. The highest BCUT2D eigenvalue weighted by Crippen LogP contribution is 2.54. The maximum Gasteiger partial charge on any atom is 0.273 e. The van der Waals surface area contributed by atoms with E-state index in [1.807, 2.05) is 24.0 Å². The summed E-state index contributed by atoms with van der Waals surface area (Å²) >= 11 is 0. The van der Waals surface area contributed by atoms with E-state index in [9.17, 15) is 5.26 Å². The first-order valence-electron chi connectivity index (χ1n) is 16.1. The van der Waals surface area contributed by atoms with Gasteiger partial charge in [-0.3, -0.25) is 19.7 Å². The second-order valence-corrected chi connectivity index (χ2v) is 13.5. The number of nitriles is 1. The van der Waals surface area contributed by atoms with Gasteiger partial charge in [-0.2, -0.15) is 5.26 Å². The monoisotopic (exact) mass is 690 g/mol. The Morgan fingerprint density at radius 1 is 0.880 bits per heavy atom. The molecule has 0 spiro atoms. The maximum absolute atomic E-state index is 15.6. The zero-order chi connectivity index (χ0) is 35.0. The summed E-state index contributed by atoms with van der Waals surface area (Å²) in [6.07, 6.45) is 4.96. The predicted octanol–water partition coefficient (Wildman–Crippen LogP) is 4.72. The Balaban J connectivity index is 1.48. The minimum atomic E-state index is -4.62. The second kappa shape index (κ2) is 13.0. The van der Waals surface area contributed by atoms with Gasteiger partial charge in [0.1, 0.15) is 22.1 Å². The quantitative estimate of drug-likeness (QED) is 0.212. The van der Waals surface area contributed by atoms with E-state index < -0.39 is 21.5 Å². The molecule has 1 fully saturated rings. The van der Waals surface area contributed by atoms with Crippen LogP contribution in [0.5, 0.6) is 17.2 Å². The van der Waals surface area contributed by atoms with Crippen LogP contribution < -0.4 is 23.4 Å². The third-order valence-electron chi connectivity index (χ3n) is 9.32. The number of methoxy groups -OCH3 is 2. The number of hydrogen-bond acceptors (Lipinski definition) is 11. The van der Waals surface area contributed by atoms with Crippen LogP contribution in [0.25, 0.3) is 10.9 Å². The fourth-order valence-corrected chi connectivity index (χ4v) is 8.69. The van der Waals surface area contributed by atoms with Crippen molar-refractivity contribution in [2.75, 3.05) is 56.2 Å². The minimum absolute atomic E-state index is 0.135. The predicted molar refractivity (Wildman–Crippen MR) is 187 cm³/mol. The molecule has 0 bridgehead atoms. The Bertz CT molecular complexity index is 2250. The third-order valence-corrected chi connectivity index (χ3v) is 11.0. The Hall–Kier alpha value is -5.71. The van der Waals surface area contributed by atoms with Gasteiger partial charge in [0.15, 0.2) is 5.54 Å². The summed E-state index contributed by atoms with van der Waals surface area (Å²) in [6, 6.07) is 22.3. The van der Waals surface area contributed by atoms with Crippen molar-refractivity contribution in [3.8, 4) is 23.3 Å². The van der Waals surface area contributed by atoms with E-state index in [1.54, 1.807) is 54.9 Å². The van der Waals surface area contributed by atoms with E-state index in [4.69, 9.17) is 14.2 Å². The van der Waals surface area contributed by atoms with Crippen molar-refractivity contribution >= 4 is 38.2 Å². The van der Waals surface area contributed by atoms with Crippen LogP contribution >= 0.6 is 0 Å². The number of aromatic nitrogens is 2. The number of rotatable bonds is 9. The zero-order valence-electron chi connectivity index (χ0n) is 27.7. The van der Waals surface area contributed by atoms with Crippen LogP contribution in [-0.2, 0) is 20.4 Å².